The van der Waals surface area contributed by atoms with E-state index in [0.29, 0.717) is 5.69 Å². The molecule has 0 aliphatic carbocycles. The maximum atomic E-state index is 11.2. The second-order valence-electron chi connectivity index (χ2n) is 2.47. The van der Waals surface area contributed by atoms with Crippen LogP contribution in [0.4, 0.5) is 0 Å². The smallest absolute Gasteiger partial charge is 0.228 e. The van der Waals surface area contributed by atoms with Gasteiger partial charge in [0, 0.05) is 13.1 Å². The Morgan fingerprint density at radius 1 is 1.69 bits per heavy atom. The molecule has 1 heterocycles. The van der Waals surface area contributed by atoms with Gasteiger partial charge in [-0.2, -0.15) is 4.31 Å². The molecular formula is C6H9ClN2O3S. The Morgan fingerprint density at radius 3 is 2.85 bits per heavy atom. The molecule has 7 heteroatoms. The zero-order valence-electron chi connectivity index (χ0n) is 6.97. The molecule has 1 rings (SSSR count). The summed E-state index contributed by atoms with van der Waals surface area (Å²) >= 11 is 5.25. The fourth-order valence-corrected chi connectivity index (χ4v) is 1.72. The molecule has 13 heavy (non-hydrogen) atoms. The highest BCUT2D eigenvalue weighted by atomic mass is 35.5. The lowest BCUT2D eigenvalue weighted by Crippen LogP contribution is -2.27. The molecule has 0 aliphatic heterocycles. The standard InChI is InChI=1S/C6H9ClN2O3S/c1-9(13(10,11)5-7)4-6-2-3-12-8-6/h2-3H,4-5H2,1H3. The number of halogens is 1. The summed E-state index contributed by atoms with van der Waals surface area (Å²) in [6.45, 7) is 0.172. The van der Waals surface area contributed by atoms with Gasteiger partial charge in [0.05, 0.1) is 12.2 Å². The molecular weight excluding hydrogens is 216 g/mol. The van der Waals surface area contributed by atoms with Crippen LogP contribution in [0, 0.1) is 0 Å². The van der Waals surface area contributed by atoms with Gasteiger partial charge in [-0.1, -0.05) is 5.16 Å². The van der Waals surface area contributed by atoms with E-state index in [9.17, 15) is 8.42 Å². The SMILES string of the molecule is CN(Cc1ccon1)S(=O)(=O)CCl. The molecule has 0 fully saturated rings. The first-order chi connectivity index (χ1) is 6.06. The lowest BCUT2D eigenvalue weighted by molar-refractivity contribution is 0.394. The summed E-state index contributed by atoms with van der Waals surface area (Å²) in [5.41, 5.74) is 0.552. The highest BCUT2D eigenvalue weighted by Crippen LogP contribution is 2.06. The molecule has 1 aromatic heterocycles. The van der Waals surface area contributed by atoms with Crippen LogP contribution in [0.15, 0.2) is 16.9 Å². The first kappa shape index (κ1) is 10.5. The van der Waals surface area contributed by atoms with Crippen LogP contribution in [0.5, 0.6) is 0 Å². The minimum Gasteiger partial charge on any atom is -0.364 e. The van der Waals surface area contributed by atoms with Crippen molar-refractivity contribution < 1.29 is 12.9 Å². The van der Waals surface area contributed by atoms with Crippen molar-refractivity contribution in [2.24, 2.45) is 0 Å². The quantitative estimate of drug-likeness (QED) is 0.704. The zero-order chi connectivity index (χ0) is 9.90. The largest absolute Gasteiger partial charge is 0.364 e. The number of hydrogen-bond acceptors (Lipinski definition) is 4. The van der Waals surface area contributed by atoms with E-state index in [1.165, 1.54) is 13.3 Å². The monoisotopic (exact) mass is 224 g/mol. The van der Waals surface area contributed by atoms with Crippen LogP contribution in [0.2, 0.25) is 0 Å². The molecule has 0 N–H and O–H groups in total. The van der Waals surface area contributed by atoms with Gasteiger partial charge in [0.1, 0.15) is 11.5 Å². The van der Waals surface area contributed by atoms with Crippen molar-refractivity contribution in [2.75, 3.05) is 12.3 Å². The molecule has 1 aromatic rings. The topological polar surface area (TPSA) is 63.4 Å². The van der Waals surface area contributed by atoms with Crippen molar-refractivity contribution in [1.29, 1.82) is 0 Å². The summed E-state index contributed by atoms with van der Waals surface area (Å²) in [6.07, 6.45) is 1.39. The molecule has 0 radical (unpaired) electrons. The van der Waals surface area contributed by atoms with Gasteiger partial charge in [-0.15, -0.1) is 11.6 Å². The number of rotatable bonds is 4. The summed E-state index contributed by atoms with van der Waals surface area (Å²) in [5.74, 6) is 0. The number of nitrogens with zero attached hydrogens (tertiary/aromatic N) is 2. The second-order valence-corrected chi connectivity index (χ2v) is 5.13. The molecule has 5 nitrogen and oxygen atoms in total. The lowest BCUT2D eigenvalue weighted by Gasteiger charge is -2.12. The van der Waals surface area contributed by atoms with Gasteiger partial charge in [0.15, 0.2) is 0 Å². The minimum absolute atomic E-state index is 0.172. The summed E-state index contributed by atoms with van der Waals surface area (Å²) in [5, 5.41) is 3.15. The van der Waals surface area contributed by atoms with Crippen molar-refractivity contribution in [2.45, 2.75) is 6.54 Å². The molecule has 0 aromatic carbocycles. The van der Waals surface area contributed by atoms with Gasteiger partial charge in [-0.3, -0.25) is 0 Å². The van der Waals surface area contributed by atoms with Gasteiger partial charge in [-0.25, -0.2) is 8.42 Å². The van der Waals surface area contributed by atoms with Crippen molar-refractivity contribution in [3.8, 4) is 0 Å². The molecule has 74 valence electrons. The average Bonchev–Trinajstić information content (AvgIpc) is 2.57. The fourth-order valence-electron chi connectivity index (χ4n) is 0.729. The Bertz CT molecular complexity index is 348. The molecule has 0 atom stereocenters. The van der Waals surface area contributed by atoms with Crippen LogP contribution in [0.3, 0.4) is 0 Å². The molecule has 0 bridgehead atoms. The third-order valence-corrected chi connectivity index (χ3v) is 3.67. The average molecular weight is 225 g/mol. The predicted octanol–water partition coefficient (Wildman–Crippen LogP) is 0.633. The number of hydrogen-bond donors (Lipinski definition) is 0. The van der Waals surface area contributed by atoms with Gasteiger partial charge in [0.2, 0.25) is 10.0 Å². The van der Waals surface area contributed by atoms with Crippen molar-refractivity contribution in [3.05, 3.63) is 18.0 Å². The lowest BCUT2D eigenvalue weighted by atomic mass is 10.4. The third kappa shape index (κ3) is 2.68. The molecule has 0 unspecified atom stereocenters. The summed E-state index contributed by atoms with van der Waals surface area (Å²) in [7, 11) is -1.92. The van der Waals surface area contributed by atoms with E-state index in [1.54, 1.807) is 6.07 Å². The molecule has 0 saturated heterocycles. The Kier molecular flexibility index (Phi) is 3.29. The highest BCUT2D eigenvalue weighted by molar-refractivity contribution is 7.90. The van der Waals surface area contributed by atoms with E-state index in [2.05, 4.69) is 9.68 Å². The van der Waals surface area contributed by atoms with Crippen LogP contribution in [-0.4, -0.2) is 30.1 Å². The Morgan fingerprint density at radius 2 is 2.38 bits per heavy atom. The summed E-state index contributed by atoms with van der Waals surface area (Å²) in [4.78, 5) is 0. The molecule has 0 saturated carbocycles. The first-order valence-electron chi connectivity index (χ1n) is 3.45. The van der Waals surface area contributed by atoms with Crippen LogP contribution < -0.4 is 0 Å². The maximum absolute atomic E-state index is 11.2. The first-order valence-corrected chi connectivity index (χ1v) is 5.60. The van der Waals surface area contributed by atoms with Crippen LogP contribution in [-0.2, 0) is 16.6 Å². The van der Waals surface area contributed by atoms with Gasteiger partial charge < -0.3 is 4.52 Å². The van der Waals surface area contributed by atoms with E-state index in [4.69, 9.17) is 11.6 Å². The Labute approximate surface area is 81.3 Å². The fraction of sp³-hybridized carbons (Fsp3) is 0.500. The maximum Gasteiger partial charge on any atom is 0.228 e. The molecule has 0 aliphatic rings. The van der Waals surface area contributed by atoms with Crippen LogP contribution in [0.25, 0.3) is 0 Å². The van der Waals surface area contributed by atoms with Gasteiger partial charge in [0.25, 0.3) is 0 Å². The van der Waals surface area contributed by atoms with E-state index >= 15 is 0 Å². The van der Waals surface area contributed by atoms with E-state index < -0.39 is 15.2 Å². The second kappa shape index (κ2) is 4.08. The van der Waals surface area contributed by atoms with E-state index in [0.717, 1.165) is 4.31 Å². The third-order valence-electron chi connectivity index (χ3n) is 1.49. The van der Waals surface area contributed by atoms with Crippen molar-refractivity contribution >= 4 is 21.6 Å². The number of sulfonamides is 1. The predicted molar refractivity (Wildman–Crippen MR) is 47.6 cm³/mol. The van der Waals surface area contributed by atoms with Crippen molar-refractivity contribution in [1.82, 2.24) is 9.46 Å². The highest BCUT2D eigenvalue weighted by Gasteiger charge is 2.17. The van der Waals surface area contributed by atoms with E-state index in [1.807, 2.05) is 0 Å². The van der Waals surface area contributed by atoms with Gasteiger partial charge in [-0.05, 0) is 0 Å². The van der Waals surface area contributed by atoms with E-state index in [-0.39, 0.29) is 6.54 Å². The van der Waals surface area contributed by atoms with Gasteiger partial charge >= 0.3 is 0 Å². The summed E-state index contributed by atoms with van der Waals surface area (Å²) in [6, 6.07) is 1.60. The number of aromatic nitrogens is 1. The molecule has 0 amide bonds. The number of alkyl halides is 1. The minimum atomic E-state index is -3.36. The van der Waals surface area contributed by atoms with Crippen LogP contribution >= 0.6 is 11.6 Å². The zero-order valence-corrected chi connectivity index (χ0v) is 8.55. The Balaban J connectivity index is 2.66. The summed E-state index contributed by atoms with van der Waals surface area (Å²) < 4.78 is 28.0. The van der Waals surface area contributed by atoms with Crippen LogP contribution in [0.1, 0.15) is 5.69 Å². The normalized spacial score (nSPS) is 12.2. The van der Waals surface area contributed by atoms with Crippen molar-refractivity contribution in [3.63, 3.8) is 0 Å². The molecule has 0 spiro atoms. The Hall–Kier alpha value is -0.590.